The molecule has 4 rings (SSSR count). The summed E-state index contributed by atoms with van der Waals surface area (Å²) in [5.41, 5.74) is 0.343. The number of imide groups is 1. The van der Waals surface area contributed by atoms with Crippen LogP contribution in [0.25, 0.3) is 0 Å². The Labute approximate surface area is 181 Å². The SMILES string of the molecule is CC(=O)Oc1ccc(N2C(=O)CC(N(Cc3cccs3)C(=O)c3ccco3)C2=O)cc1. The largest absolute Gasteiger partial charge is 0.459 e. The van der Waals surface area contributed by atoms with Gasteiger partial charge < -0.3 is 14.1 Å². The highest BCUT2D eigenvalue weighted by Crippen LogP contribution is 2.29. The fraction of sp³-hybridized carbons (Fsp3) is 0.182. The van der Waals surface area contributed by atoms with E-state index in [1.807, 2.05) is 17.5 Å². The molecule has 3 heterocycles. The van der Waals surface area contributed by atoms with Crippen LogP contribution in [-0.4, -0.2) is 34.6 Å². The standard InChI is InChI=1S/C22H18N2O6S/c1-14(25)30-16-8-6-15(7-9-16)24-20(26)12-18(21(24)27)23(13-17-4-3-11-31-17)22(28)19-5-2-10-29-19/h2-11,18H,12-13H2,1H3. The molecule has 1 unspecified atom stereocenters. The van der Waals surface area contributed by atoms with Crippen molar-refractivity contribution in [3.05, 3.63) is 70.8 Å². The van der Waals surface area contributed by atoms with Gasteiger partial charge in [0.05, 0.1) is 24.9 Å². The Balaban J connectivity index is 1.61. The van der Waals surface area contributed by atoms with E-state index in [0.29, 0.717) is 11.4 Å². The van der Waals surface area contributed by atoms with Gasteiger partial charge in [0, 0.05) is 11.8 Å². The summed E-state index contributed by atoms with van der Waals surface area (Å²) in [7, 11) is 0. The predicted molar refractivity (Wildman–Crippen MR) is 112 cm³/mol. The number of carbonyl (C=O) groups is 4. The van der Waals surface area contributed by atoms with Crippen LogP contribution < -0.4 is 9.64 Å². The first-order valence-electron chi connectivity index (χ1n) is 9.46. The van der Waals surface area contributed by atoms with Crippen LogP contribution in [0.2, 0.25) is 0 Å². The number of furan rings is 1. The Morgan fingerprint density at radius 1 is 1.16 bits per heavy atom. The first kappa shape index (κ1) is 20.5. The van der Waals surface area contributed by atoms with Gasteiger partial charge in [-0.25, -0.2) is 4.90 Å². The number of rotatable bonds is 6. The van der Waals surface area contributed by atoms with Crippen LogP contribution in [0.3, 0.4) is 0 Å². The van der Waals surface area contributed by atoms with Crippen LogP contribution in [0.15, 0.2) is 64.6 Å². The molecule has 0 bridgehead atoms. The summed E-state index contributed by atoms with van der Waals surface area (Å²) in [6.07, 6.45) is 1.25. The number of hydrogen-bond acceptors (Lipinski definition) is 7. The van der Waals surface area contributed by atoms with Crippen LogP contribution >= 0.6 is 11.3 Å². The van der Waals surface area contributed by atoms with E-state index in [0.717, 1.165) is 9.78 Å². The highest BCUT2D eigenvalue weighted by Gasteiger charge is 2.45. The van der Waals surface area contributed by atoms with Crippen LogP contribution in [0.5, 0.6) is 5.75 Å². The minimum Gasteiger partial charge on any atom is -0.459 e. The van der Waals surface area contributed by atoms with Crippen LogP contribution in [0.4, 0.5) is 5.69 Å². The van der Waals surface area contributed by atoms with Crippen molar-refractivity contribution in [2.24, 2.45) is 0 Å². The number of amides is 3. The Morgan fingerprint density at radius 2 is 1.94 bits per heavy atom. The molecule has 0 radical (unpaired) electrons. The van der Waals surface area contributed by atoms with Crippen LogP contribution in [0.1, 0.15) is 28.8 Å². The number of benzene rings is 1. The third kappa shape index (κ3) is 4.26. The van der Waals surface area contributed by atoms with Crippen molar-refractivity contribution in [3.8, 4) is 5.75 Å². The molecule has 8 nitrogen and oxygen atoms in total. The maximum atomic E-state index is 13.2. The third-order valence-electron chi connectivity index (χ3n) is 4.75. The van der Waals surface area contributed by atoms with Gasteiger partial charge in [0.15, 0.2) is 5.76 Å². The van der Waals surface area contributed by atoms with Crippen molar-refractivity contribution < 1.29 is 28.3 Å². The van der Waals surface area contributed by atoms with Crippen molar-refractivity contribution in [2.45, 2.75) is 25.9 Å². The lowest BCUT2D eigenvalue weighted by atomic mass is 10.2. The average molecular weight is 438 g/mol. The summed E-state index contributed by atoms with van der Waals surface area (Å²) in [6.45, 7) is 1.46. The van der Waals surface area contributed by atoms with Gasteiger partial charge in [-0.15, -0.1) is 11.3 Å². The Bertz CT molecular complexity index is 1110. The number of esters is 1. The number of nitrogens with zero attached hydrogens (tertiary/aromatic N) is 2. The number of ether oxygens (including phenoxy) is 1. The number of anilines is 1. The summed E-state index contributed by atoms with van der Waals surface area (Å²) >= 11 is 1.45. The molecule has 9 heteroatoms. The van der Waals surface area contributed by atoms with Gasteiger partial charge in [-0.3, -0.25) is 19.2 Å². The fourth-order valence-corrected chi connectivity index (χ4v) is 4.10. The smallest absolute Gasteiger partial charge is 0.308 e. The maximum Gasteiger partial charge on any atom is 0.308 e. The summed E-state index contributed by atoms with van der Waals surface area (Å²) in [5, 5.41) is 1.88. The molecule has 3 aromatic rings. The highest BCUT2D eigenvalue weighted by atomic mass is 32.1. The van der Waals surface area contributed by atoms with E-state index in [4.69, 9.17) is 9.15 Å². The topological polar surface area (TPSA) is 97.1 Å². The predicted octanol–water partition coefficient (Wildman–Crippen LogP) is 3.24. The lowest BCUT2D eigenvalue weighted by Gasteiger charge is -2.26. The van der Waals surface area contributed by atoms with Gasteiger partial charge in [-0.1, -0.05) is 6.07 Å². The Kier molecular flexibility index (Phi) is 5.68. The van der Waals surface area contributed by atoms with Gasteiger partial charge in [-0.2, -0.15) is 0 Å². The normalized spacial score (nSPS) is 15.9. The summed E-state index contributed by atoms with van der Waals surface area (Å²) in [6, 6.07) is 11.9. The molecule has 0 aliphatic carbocycles. The van der Waals surface area contributed by atoms with E-state index >= 15 is 0 Å². The van der Waals surface area contributed by atoms with E-state index in [9.17, 15) is 19.2 Å². The van der Waals surface area contributed by atoms with Gasteiger partial charge >= 0.3 is 5.97 Å². The fourth-order valence-electron chi connectivity index (χ4n) is 3.40. The summed E-state index contributed by atoms with van der Waals surface area (Å²) in [5.74, 6) is -1.45. The summed E-state index contributed by atoms with van der Waals surface area (Å²) < 4.78 is 10.2. The van der Waals surface area contributed by atoms with E-state index in [-0.39, 0.29) is 18.7 Å². The van der Waals surface area contributed by atoms with Gasteiger partial charge in [-0.05, 0) is 47.8 Å². The molecule has 1 fully saturated rings. The van der Waals surface area contributed by atoms with E-state index < -0.39 is 29.7 Å². The van der Waals surface area contributed by atoms with Gasteiger partial charge in [0.25, 0.3) is 11.8 Å². The monoisotopic (exact) mass is 438 g/mol. The van der Waals surface area contributed by atoms with Crippen LogP contribution in [0, 0.1) is 0 Å². The molecule has 0 saturated carbocycles. The lowest BCUT2D eigenvalue weighted by Crippen LogP contribution is -2.44. The van der Waals surface area contributed by atoms with E-state index in [1.54, 1.807) is 6.07 Å². The zero-order valence-corrected chi connectivity index (χ0v) is 17.3. The third-order valence-corrected chi connectivity index (χ3v) is 5.62. The minimum absolute atomic E-state index is 0.0981. The van der Waals surface area contributed by atoms with Crippen molar-refractivity contribution in [1.82, 2.24) is 4.90 Å². The summed E-state index contributed by atoms with van der Waals surface area (Å²) in [4.78, 5) is 53.4. The second-order valence-electron chi connectivity index (χ2n) is 6.86. The van der Waals surface area contributed by atoms with Gasteiger partial charge in [0.1, 0.15) is 11.8 Å². The van der Waals surface area contributed by atoms with Crippen molar-refractivity contribution in [2.75, 3.05) is 4.90 Å². The number of hydrogen-bond donors (Lipinski definition) is 0. The molecule has 1 aliphatic rings. The molecule has 1 atom stereocenters. The average Bonchev–Trinajstić information content (AvgIpc) is 3.49. The minimum atomic E-state index is -0.958. The maximum absolute atomic E-state index is 13.2. The van der Waals surface area contributed by atoms with Crippen LogP contribution in [-0.2, 0) is 20.9 Å². The lowest BCUT2D eigenvalue weighted by molar-refractivity contribution is -0.132. The molecule has 1 aliphatic heterocycles. The number of thiophene rings is 1. The first-order chi connectivity index (χ1) is 14.9. The molecule has 0 spiro atoms. The number of carbonyl (C=O) groups excluding carboxylic acids is 4. The zero-order chi connectivity index (χ0) is 22.0. The first-order valence-corrected chi connectivity index (χ1v) is 10.3. The van der Waals surface area contributed by atoms with Crippen molar-refractivity contribution in [3.63, 3.8) is 0 Å². The van der Waals surface area contributed by atoms with E-state index in [2.05, 4.69) is 0 Å². The molecule has 0 N–H and O–H groups in total. The molecular formula is C22H18N2O6S. The molecular weight excluding hydrogens is 420 g/mol. The molecule has 31 heavy (non-hydrogen) atoms. The Morgan fingerprint density at radius 3 is 2.55 bits per heavy atom. The van der Waals surface area contributed by atoms with Crippen molar-refractivity contribution >= 4 is 40.7 Å². The van der Waals surface area contributed by atoms with Gasteiger partial charge in [0.2, 0.25) is 5.91 Å². The van der Waals surface area contributed by atoms with E-state index in [1.165, 1.54) is 59.8 Å². The molecule has 2 aromatic heterocycles. The molecule has 1 saturated heterocycles. The molecule has 1 aromatic carbocycles. The second-order valence-corrected chi connectivity index (χ2v) is 7.90. The molecule has 158 valence electrons. The Hall–Kier alpha value is -3.72. The highest BCUT2D eigenvalue weighted by molar-refractivity contribution is 7.09. The second kappa shape index (κ2) is 8.57. The molecule has 3 amide bonds. The quantitative estimate of drug-likeness (QED) is 0.333. The zero-order valence-electron chi connectivity index (χ0n) is 16.5. The van der Waals surface area contributed by atoms with Crippen molar-refractivity contribution in [1.29, 1.82) is 0 Å².